The van der Waals surface area contributed by atoms with E-state index in [1.54, 1.807) is 0 Å². The van der Waals surface area contributed by atoms with Crippen molar-refractivity contribution >= 4 is 11.3 Å². The number of aliphatic hydroxyl groups excluding tert-OH is 1. The third-order valence-electron chi connectivity index (χ3n) is 4.70. The van der Waals surface area contributed by atoms with Gasteiger partial charge in [-0.1, -0.05) is 24.3 Å². The molecule has 0 radical (unpaired) electrons. The van der Waals surface area contributed by atoms with Crippen LogP contribution in [0.25, 0.3) is 16.6 Å². The first-order chi connectivity index (χ1) is 12.3. The fourth-order valence-corrected chi connectivity index (χ4v) is 3.46. The molecule has 0 bridgehead atoms. The first-order valence-corrected chi connectivity index (χ1v) is 8.55. The van der Waals surface area contributed by atoms with Gasteiger partial charge in [0, 0.05) is 37.6 Å². The number of aliphatic hydroxyl groups is 1. The van der Waals surface area contributed by atoms with Gasteiger partial charge < -0.3 is 20.1 Å². The first kappa shape index (κ1) is 16.0. The lowest BCUT2D eigenvalue weighted by Crippen LogP contribution is -2.19. The monoisotopic (exact) mass is 335 g/mol. The van der Waals surface area contributed by atoms with Crippen LogP contribution in [0.5, 0.6) is 0 Å². The molecule has 1 aromatic carbocycles. The Hall–Kier alpha value is -2.47. The Balaban J connectivity index is 1.73. The number of rotatable bonds is 5. The van der Waals surface area contributed by atoms with E-state index in [0.29, 0.717) is 19.6 Å². The number of nitrogens with zero attached hydrogens (tertiary/aromatic N) is 1. The molecular formula is C20H21N3O2. The minimum atomic E-state index is 0.142. The van der Waals surface area contributed by atoms with E-state index in [4.69, 9.17) is 5.11 Å². The number of aromatic nitrogens is 1. The lowest BCUT2D eigenvalue weighted by atomic mass is 9.98. The number of Topliss-reactive ketones (excluding diaryl/α,β-unsaturated/α-hetero) is 1. The second-order valence-electron chi connectivity index (χ2n) is 6.32. The van der Waals surface area contributed by atoms with Crippen molar-refractivity contribution in [1.29, 1.82) is 0 Å². The molecule has 25 heavy (non-hydrogen) atoms. The van der Waals surface area contributed by atoms with Crippen molar-refractivity contribution in [1.82, 2.24) is 15.0 Å². The minimum Gasteiger partial charge on any atom is -0.395 e. The van der Waals surface area contributed by atoms with Crippen LogP contribution in [-0.2, 0) is 13.1 Å². The van der Waals surface area contributed by atoms with Crippen molar-refractivity contribution < 1.29 is 9.90 Å². The summed E-state index contributed by atoms with van der Waals surface area (Å²) in [6.07, 6.45) is 3.98. The highest BCUT2D eigenvalue weighted by molar-refractivity contribution is 6.06. The molecule has 128 valence electrons. The van der Waals surface area contributed by atoms with Gasteiger partial charge in [0.2, 0.25) is 0 Å². The lowest BCUT2D eigenvalue weighted by Gasteiger charge is -2.12. The summed E-state index contributed by atoms with van der Waals surface area (Å²) in [5, 5.41) is 15.3. The zero-order valence-corrected chi connectivity index (χ0v) is 14.0. The van der Waals surface area contributed by atoms with Crippen molar-refractivity contribution in [3.63, 3.8) is 0 Å². The summed E-state index contributed by atoms with van der Waals surface area (Å²) in [5.41, 5.74) is 6.46. The number of carbonyl (C=O) groups is 1. The molecule has 0 saturated carbocycles. The van der Waals surface area contributed by atoms with Gasteiger partial charge in [-0.05, 0) is 34.4 Å². The fourth-order valence-electron chi connectivity index (χ4n) is 3.46. The SMILES string of the molecule is O=C1CNCc2c(-c3ccc(CNCCO)cc3)ccn3ccc1c23. The van der Waals surface area contributed by atoms with Crippen molar-refractivity contribution in [3.05, 3.63) is 65.5 Å². The first-order valence-electron chi connectivity index (χ1n) is 8.55. The van der Waals surface area contributed by atoms with Gasteiger partial charge in [-0.15, -0.1) is 0 Å². The van der Waals surface area contributed by atoms with Gasteiger partial charge in [0.15, 0.2) is 5.78 Å². The number of ketones is 1. The van der Waals surface area contributed by atoms with Crippen LogP contribution in [0.3, 0.4) is 0 Å². The summed E-state index contributed by atoms with van der Waals surface area (Å²) < 4.78 is 2.03. The second-order valence-corrected chi connectivity index (χ2v) is 6.32. The van der Waals surface area contributed by atoms with E-state index in [-0.39, 0.29) is 12.4 Å². The van der Waals surface area contributed by atoms with Gasteiger partial charge in [-0.2, -0.15) is 0 Å². The van der Waals surface area contributed by atoms with E-state index in [1.165, 1.54) is 11.1 Å². The minimum absolute atomic E-state index is 0.142. The van der Waals surface area contributed by atoms with Crippen LogP contribution in [0.2, 0.25) is 0 Å². The molecule has 0 unspecified atom stereocenters. The maximum absolute atomic E-state index is 12.3. The smallest absolute Gasteiger partial charge is 0.178 e. The van der Waals surface area contributed by atoms with Crippen molar-refractivity contribution in [2.45, 2.75) is 13.1 Å². The molecule has 0 fully saturated rings. The van der Waals surface area contributed by atoms with Crippen LogP contribution in [0, 0.1) is 0 Å². The van der Waals surface area contributed by atoms with Crippen LogP contribution in [0.15, 0.2) is 48.8 Å². The molecule has 2 aromatic heterocycles. The molecule has 4 rings (SSSR count). The molecule has 0 saturated heterocycles. The van der Waals surface area contributed by atoms with Crippen molar-refractivity contribution in [2.24, 2.45) is 0 Å². The topological polar surface area (TPSA) is 65.8 Å². The molecule has 3 heterocycles. The molecule has 5 nitrogen and oxygen atoms in total. The Morgan fingerprint density at radius 2 is 1.80 bits per heavy atom. The number of hydrogen-bond acceptors (Lipinski definition) is 4. The largest absolute Gasteiger partial charge is 0.395 e. The normalized spacial score (nSPS) is 14.0. The summed E-state index contributed by atoms with van der Waals surface area (Å²) in [4.78, 5) is 12.3. The van der Waals surface area contributed by atoms with Crippen LogP contribution in [0.4, 0.5) is 0 Å². The van der Waals surface area contributed by atoms with Gasteiger partial charge in [-0.25, -0.2) is 0 Å². The number of nitrogens with one attached hydrogen (secondary N) is 2. The average Bonchev–Trinajstić information content (AvgIpc) is 2.99. The zero-order valence-electron chi connectivity index (χ0n) is 14.0. The molecule has 5 heteroatoms. The molecule has 3 N–H and O–H groups in total. The Morgan fingerprint density at radius 3 is 2.56 bits per heavy atom. The quantitative estimate of drug-likeness (QED) is 0.624. The summed E-state index contributed by atoms with van der Waals surface area (Å²) in [7, 11) is 0. The van der Waals surface area contributed by atoms with E-state index in [0.717, 1.165) is 28.8 Å². The van der Waals surface area contributed by atoms with E-state index >= 15 is 0 Å². The summed E-state index contributed by atoms with van der Waals surface area (Å²) in [6.45, 7) is 2.54. The Bertz CT molecular complexity index is 913. The van der Waals surface area contributed by atoms with Crippen molar-refractivity contribution in [3.8, 4) is 11.1 Å². The van der Waals surface area contributed by atoms with Crippen LogP contribution >= 0.6 is 0 Å². The number of pyridine rings is 1. The molecule has 0 atom stereocenters. The predicted molar refractivity (Wildman–Crippen MR) is 97.7 cm³/mol. The Morgan fingerprint density at radius 1 is 1.04 bits per heavy atom. The van der Waals surface area contributed by atoms with Gasteiger partial charge >= 0.3 is 0 Å². The maximum Gasteiger partial charge on any atom is 0.178 e. The van der Waals surface area contributed by atoms with Crippen molar-refractivity contribution in [2.75, 3.05) is 19.7 Å². The average molecular weight is 335 g/mol. The maximum atomic E-state index is 12.3. The van der Waals surface area contributed by atoms with Crippen LogP contribution in [0.1, 0.15) is 21.5 Å². The molecule has 0 aliphatic carbocycles. The standard InChI is InChI=1S/C20H21N3O2/c24-10-7-21-11-14-1-3-15(4-2-14)16-5-8-23-9-6-17-19(25)13-22-12-18(16)20(17)23/h1-6,8-9,21-22,24H,7,10-13H2. The number of benzene rings is 1. The molecule has 1 aliphatic rings. The molecule has 0 amide bonds. The van der Waals surface area contributed by atoms with Crippen LogP contribution in [-0.4, -0.2) is 35.0 Å². The molecule has 1 aliphatic heterocycles. The zero-order chi connectivity index (χ0) is 17.2. The number of hydrogen-bond donors (Lipinski definition) is 3. The predicted octanol–water partition coefficient (Wildman–Crippen LogP) is 1.97. The van der Waals surface area contributed by atoms with E-state index in [2.05, 4.69) is 41.0 Å². The van der Waals surface area contributed by atoms with Gasteiger partial charge in [0.05, 0.1) is 18.7 Å². The van der Waals surface area contributed by atoms with Crippen LogP contribution < -0.4 is 10.6 Å². The summed E-state index contributed by atoms with van der Waals surface area (Å²) >= 11 is 0. The highest BCUT2D eigenvalue weighted by Crippen LogP contribution is 2.31. The fraction of sp³-hybridized carbons (Fsp3) is 0.250. The third kappa shape index (κ3) is 2.98. The lowest BCUT2D eigenvalue weighted by molar-refractivity contribution is 0.0994. The van der Waals surface area contributed by atoms with Gasteiger partial charge in [0.1, 0.15) is 0 Å². The summed E-state index contributed by atoms with van der Waals surface area (Å²) in [6, 6.07) is 12.5. The van der Waals surface area contributed by atoms with E-state index in [9.17, 15) is 4.79 Å². The highest BCUT2D eigenvalue weighted by atomic mass is 16.3. The van der Waals surface area contributed by atoms with E-state index in [1.807, 2.05) is 22.9 Å². The molecule has 3 aromatic rings. The highest BCUT2D eigenvalue weighted by Gasteiger charge is 2.20. The van der Waals surface area contributed by atoms with Gasteiger partial charge in [0.25, 0.3) is 0 Å². The summed E-state index contributed by atoms with van der Waals surface area (Å²) in [5.74, 6) is 0.142. The third-order valence-corrected chi connectivity index (χ3v) is 4.70. The molecule has 0 spiro atoms. The van der Waals surface area contributed by atoms with Gasteiger partial charge in [-0.3, -0.25) is 4.79 Å². The molecular weight excluding hydrogens is 314 g/mol. The number of carbonyl (C=O) groups excluding carboxylic acids is 1. The Labute approximate surface area is 146 Å². The second kappa shape index (κ2) is 6.80. The van der Waals surface area contributed by atoms with E-state index < -0.39 is 0 Å². The Kier molecular flexibility index (Phi) is 4.36.